The van der Waals surface area contributed by atoms with Gasteiger partial charge in [-0.15, -0.1) is 0 Å². The van der Waals surface area contributed by atoms with Gasteiger partial charge in [-0.3, -0.25) is 9.59 Å². The van der Waals surface area contributed by atoms with E-state index in [4.69, 9.17) is 0 Å². The molecule has 0 fully saturated rings. The smallest absolute Gasteiger partial charge is 0.253 e. The second-order valence-electron chi connectivity index (χ2n) is 5.43. The Morgan fingerprint density at radius 2 is 1.83 bits per heavy atom. The SMILES string of the molecule is CC1=NN(c2ccc(C(=O)NCc3ccccc3)cc2)C(=O)C1. The molecule has 5 heteroatoms. The second kappa shape index (κ2) is 6.44. The maximum absolute atomic E-state index is 12.1. The summed E-state index contributed by atoms with van der Waals surface area (Å²) in [6.45, 7) is 2.30. The molecule has 23 heavy (non-hydrogen) atoms. The third-order valence-corrected chi connectivity index (χ3v) is 3.58. The van der Waals surface area contributed by atoms with Gasteiger partial charge in [0.25, 0.3) is 11.8 Å². The van der Waals surface area contributed by atoms with Crippen LogP contribution in [0.15, 0.2) is 59.7 Å². The highest BCUT2D eigenvalue weighted by atomic mass is 16.2. The fourth-order valence-corrected chi connectivity index (χ4v) is 2.39. The molecule has 0 spiro atoms. The summed E-state index contributed by atoms with van der Waals surface area (Å²) in [5, 5.41) is 8.44. The van der Waals surface area contributed by atoms with Crippen molar-refractivity contribution in [1.29, 1.82) is 0 Å². The fourth-order valence-electron chi connectivity index (χ4n) is 2.39. The van der Waals surface area contributed by atoms with Crippen molar-refractivity contribution in [2.75, 3.05) is 5.01 Å². The van der Waals surface area contributed by atoms with E-state index in [0.29, 0.717) is 24.2 Å². The van der Waals surface area contributed by atoms with Crippen molar-refractivity contribution in [1.82, 2.24) is 5.32 Å². The maximum Gasteiger partial charge on any atom is 0.253 e. The lowest BCUT2D eigenvalue weighted by Gasteiger charge is -2.12. The molecule has 0 saturated carbocycles. The molecule has 5 nitrogen and oxygen atoms in total. The van der Waals surface area contributed by atoms with Crippen LogP contribution in [0.25, 0.3) is 0 Å². The molecule has 0 saturated heterocycles. The number of amides is 2. The summed E-state index contributed by atoms with van der Waals surface area (Å²) in [5.41, 5.74) is 3.06. The third-order valence-electron chi connectivity index (χ3n) is 3.58. The molecule has 1 N–H and O–H groups in total. The summed E-state index contributed by atoms with van der Waals surface area (Å²) in [6, 6.07) is 16.6. The van der Waals surface area contributed by atoms with Crippen LogP contribution in [0.3, 0.4) is 0 Å². The minimum absolute atomic E-state index is 0.0521. The van der Waals surface area contributed by atoms with Crippen molar-refractivity contribution in [3.63, 3.8) is 0 Å². The number of carbonyl (C=O) groups excluding carboxylic acids is 2. The monoisotopic (exact) mass is 307 g/mol. The Hall–Kier alpha value is -2.95. The van der Waals surface area contributed by atoms with Crippen LogP contribution in [0.4, 0.5) is 5.69 Å². The lowest BCUT2D eigenvalue weighted by Crippen LogP contribution is -2.23. The predicted molar refractivity (Wildman–Crippen MR) is 89.3 cm³/mol. The number of rotatable bonds is 4. The van der Waals surface area contributed by atoms with Crippen molar-refractivity contribution < 1.29 is 9.59 Å². The molecule has 2 amide bonds. The lowest BCUT2D eigenvalue weighted by atomic mass is 10.1. The predicted octanol–water partition coefficient (Wildman–Crippen LogP) is 2.73. The normalized spacial score (nSPS) is 13.9. The van der Waals surface area contributed by atoms with Crippen LogP contribution in [0.5, 0.6) is 0 Å². The highest BCUT2D eigenvalue weighted by Gasteiger charge is 2.22. The van der Waals surface area contributed by atoms with Crippen molar-refractivity contribution in [3.05, 3.63) is 65.7 Å². The molecule has 0 unspecified atom stereocenters. The van der Waals surface area contributed by atoms with Gasteiger partial charge in [-0.1, -0.05) is 30.3 Å². The van der Waals surface area contributed by atoms with E-state index in [1.165, 1.54) is 5.01 Å². The molecule has 1 heterocycles. The topological polar surface area (TPSA) is 61.8 Å². The minimum atomic E-state index is -0.146. The summed E-state index contributed by atoms with van der Waals surface area (Å²) in [7, 11) is 0. The van der Waals surface area contributed by atoms with Gasteiger partial charge in [0.1, 0.15) is 0 Å². The van der Waals surface area contributed by atoms with Crippen molar-refractivity contribution in [2.45, 2.75) is 19.9 Å². The van der Waals surface area contributed by atoms with E-state index in [1.807, 2.05) is 37.3 Å². The van der Waals surface area contributed by atoms with Gasteiger partial charge in [0.05, 0.1) is 12.1 Å². The van der Waals surface area contributed by atoms with Crippen molar-refractivity contribution >= 4 is 23.2 Å². The fraction of sp³-hybridized carbons (Fsp3) is 0.167. The van der Waals surface area contributed by atoms with Crippen LogP contribution in [-0.4, -0.2) is 17.5 Å². The zero-order chi connectivity index (χ0) is 16.2. The van der Waals surface area contributed by atoms with E-state index < -0.39 is 0 Å². The number of nitrogens with zero attached hydrogens (tertiary/aromatic N) is 2. The summed E-state index contributed by atoms with van der Waals surface area (Å²) in [4.78, 5) is 23.9. The molecule has 0 atom stereocenters. The number of benzene rings is 2. The average Bonchev–Trinajstić information content (AvgIpc) is 2.92. The van der Waals surface area contributed by atoms with Crippen LogP contribution < -0.4 is 10.3 Å². The number of anilines is 1. The first-order chi connectivity index (χ1) is 11.1. The van der Waals surface area contributed by atoms with E-state index in [0.717, 1.165) is 11.3 Å². The molecule has 1 aliphatic rings. The van der Waals surface area contributed by atoms with Crippen LogP contribution in [0.2, 0.25) is 0 Å². The molecular weight excluding hydrogens is 290 g/mol. The number of hydrogen-bond acceptors (Lipinski definition) is 3. The molecule has 2 aromatic carbocycles. The van der Waals surface area contributed by atoms with Gasteiger partial charge in [0.15, 0.2) is 0 Å². The zero-order valence-corrected chi connectivity index (χ0v) is 12.8. The first-order valence-electron chi connectivity index (χ1n) is 7.43. The Balaban J connectivity index is 1.65. The lowest BCUT2D eigenvalue weighted by molar-refractivity contribution is -0.116. The third kappa shape index (κ3) is 3.45. The van der Waals surface area contributed by atoms with Gasteiger partial charge in [0.2, 0.25) is 0 Å². The maximum atomic E-state index is 12.1. The number of nitrogens with one attached hydrogen (secondary N) is 1. The molecule has 2 aromatic rings. The van der Waals surface area contributed by atoms with Crippen molar-refractivity contribution in [3.8, 4) is 0 Å². The van der Waals surface area contributed by atoms with Crippen LogP contribution in [-0.2, 0) is 11.3 Å². The Bertz CT molecular complexity index is 752. The first kappa shape index (κ1) is 15.0. The zero-order valence-electron chi connectivity index (χ0n) is 12.8. The molecular formula is C18H17N3O2. The van der Waals surface area contributed by atoms with E-state index in [1.54, 1.807) is 24.3 Å². The second-order valence-corrected chi connectivity index (χ2v) is 5.43. The largest absolute Gasteiger partial charge is 0.348 e. The van der Waals surface area contributed by atoms with Gasteiger partial charge in [-0.2, -0.15) is 5.10 Å². The minimum Gasteiger partial charge on any atom is -0.348 e. The summed E-state index contributed by atoms with van der Waals surface area (Å²) < 4.78 is 0. The number of carbonyl (C=O) groups is 2. The molecule has 3 rings (SSSR count). The number of hydrogen-bond donors (Lipinski definition) is 1. The molecule has 1 aliphatic heterocycles. The highest BCUT2D eigenvalue weighted by molar-refractivity contribution is 6.12. The summed E-state index contributed by atoms with van der Waals surface area (Å²) >= 11 is 0. The van der Waals surface area contributed by atoms with E-state index in [-0.39, 0.29) is 11.8 Å². The standard InChI is InChI=1S/C18H17N3O2/c1-13-11-17(22)21(20-13)16-9-7-15(8-10-16)18(23)19-12-14-5-3-2-4-6-14/h2-10H,11-12H2,1H3,(H,19,23). The Kier molecular flexibility index (Phi) is 4.19. The van der Waals surface area contributed by atoms with Crippen LogP contribution >= 0.6 is 0 Å². The highest BCUT2D eigenvalue weighted by Crippen LogP contribution is 2.20. The molecule has 0 radical (unpaired) electrons. The summed E-state index contributed by atoms with van der Waals surface area (Å²) in [5.74, 6) is -0.198. The summed E-state index contributed by atoms with van der Waals surface area (Å²) in [6.07, 6.45) is 0.347. The Morgan fingerprint density at radius 1 is 1.13 bits per heavy atom. The van der Waals surface area contributed by atoms with Crippen molar-refractivity contribution in [2.24, 2.45) is 5.10 Å². The van der Waals surface area contributed by atoms with Crippen LogP contribution in [0.1, 0.15) is 29.3 Å². The quantitative estimate of drug-likeness (QED) is 0.944. The Morgan fingerprint density at radius 3 is 2.43 bits per heavy atom. The molecule has 116 valence electrons. The van der Waals surface area contributed by atoms with Gasteiger partial charge < -0.3 is 5.32 Å². The molecule has 0 bridgehead atoms. The van der Waals surface area contributed by atoms with Crippen LogP contribution in [0, 0.1) is 0 Å². The van der Waals surface area contributed by atoms with E-state index in [9.17, 15) is 9.59 Å². The van der Waals surface area contributed by atoms with E-state index in [2.05, 4.69) is 10.4 Å². The molecule has 0 aliphatic carbocycles. The Labute approximate surface area is 134 Å². The molecule has 0 aromatic heterocycles. The van der Waals surface area contributed by atoms with Gasteiger partial charge >= 0.3 is 0 Å². The van der Waals surface area contributed by atoms with Gasteiger partial charge in [-0.25, -0.2) is 5.01 Å². The average molecular weight is 307 g/mol. The number of hydrazone groups is 1. The van der Waals surface area contributed by atoms with Gasteiger partial charge in [0, 0.05) is 17.8 Å². The van der Waals surface area contributed by atoms with Gasteiger partial charge in [-0.05, 0) is 36.8 Å². The van der Waals surface area contributed by atoms with E-state index >= 15 is 0 Å². The first-order valence-corrected chi connectivity index (χ1v) is 7.43.